The van der Waals surface area contributed by atoms with Crippen LogP contribution in [0.3, 0.4) is 0 Å². The lowest BCUT2D eigenvalue weighted by atomic mass is 9.89. The molecule has 3 aromatic rings. The first kappa shape index (κ1) is 19.4. The van der Waals surface area contributed by atoms with Gasteiger partial charge in [-0.25, -0.2) is 4.79 Å². The smallest absolute Gasteiger partial charge is 0.322 e. The van der Waals surface area contributed by atoms with Gasteiger partial charge in [0.05, 0.1) is 6.54 Å². The molecular weight excluding hydrogens is 382 g/mol. The number of nitrogens with zero attached hydrogens (tertiary/aromatic N) is 1. The van der Waals surface area contributed by atoms with Crippen molar-refractivity contribution in [1.29, 1.82) is 0 Å². The van der Waals surface area contributed by atoms with Crippen molar-refractivity contribution in [1.82, 2.24) is 15.2 Å². The van der Waals surface area contributed by atoms with E-state index in [1.807, 2.05) is 31.2 Å². The fourth-order valence-corrected chi connectivity index (χ4v) is 3.56. The van der Waals surface area contributed by atoms with Crippen LogP contribution >= 0.6 is 0 Å². The highest BCUT2D eigenvalue weighted by molar-refractivity contribution is 6.07. The quantitative estimate of drug-likeness (QED) is 0.641. The number of nitrogens with one attached hydrogen (secondary N) is 2. The standard InChI is InChI=1S/C23H21N3O4/c1-15-5-3-7-19(13-15)30-18-10-8-17(9-11-18)23(21(28)24-22(29)25-23)14-26-12-4-6-16(2)20(26)27/h3-13H,14H2,1-2H3,(H2,24,25,28,29)/t23-/m0/s1. The van der Waals surface area contributed by atoms with Gasteiger partial charge in [0.1, 0.15) is 11.5 Å². The zero-order valence-electron chi connectivity index (χ0n) is 16.6. The molecule has 7 nitrogen and oxygen atoms in total. The number of urea groups is 1. The molecule has 1 saturated heterocycles. The molecule has 1 aliphatic heterocycles. The summed E-state index contributed by atoms with van der Waals surface area (Å²) in [5.74, 6) is 0.793. The van der Waals surface area contributed by atoms with Crippen molar-refractivity contribution in [3.63, 3.8) is 0 Å². The van der Waals surface area contributed by atoms with Crippen LogP contribution in [0.4, 0.5) is 4.79 Å². The minimum Gasteiger partial charge on any atom is -0.457 e. The number of imide groups is 1. The summed E-state index contributed by atoms with van der Waals surface area (Å²) in [4.78, 5) is 37.3. The maximum atomic E-state index is 12.8. The van der Waals surface area contributed by atoms with Crippen LogP contribution in [0, 0.1) is 13.8 Å². The summed E-state index contributed by atoms with van der Waals surface area (Å²) in [5, 5.41) is 4.99. The highest BCUT2D eigenvalue weighted by Gasteiger charge is 2.48. The first-order chi connectivity index (χ1) is 14.4. The molecule has 1 fully saturated rings. The summed E-state index contributed by atoms with van der Waals surface area (Å²) in [6, 6.07) is 17.4. The van der Waals surface area contributed by atoms with E-state index in [0.717, 1.165) is 5.56 Å². The molecule has 3 amide bonds. The largest absolute Gasteiger partial charge is 0.457 e. The van der Waals surface area contributed by atoms with E-state index in [9.17, 15) is 14.4 Å². The third kappa shape index (κ3) is 3.57. The number of hydrogen-bond donors (Lipinski definition) is 2. The van der Waals surface area contributed by atoms with E-state index in [1.54, 1.807) is 49.5 Å². The highest BCUT2D eigenvalue weighted by Crippen LogP contribution is 2.30. The van der Waals surface area contributed by atoms with Crippen molar-refractivity contribution in [3.05, 3.63) is 93.9 Å². The van der Waals surface area contributed by atoms with E-state index < -0.39 is 17.5 Å². The minimum absolute atomic E-state index is 0.0246. The lowest BCUT2D eigenvalue weighted by Gasteiger charge is -2.27. The van der Waals surface area contributed by atoms with Crippen LogP contribution in [-0.4, -0.2) is 16.5 Å². The molecule has 0 spiro atoms. The molecule has 4 rings (SSSR count). The van der Waals surface area contributed by atoms with Crippen LogP contribution in [0.15, 0.2) is 71.7 Å². The molecule has 2 aromatic carbocycles. The number of carbonyl (C=O) groups excluding carboxylic acids is 2. The van der Waals surface area contributed by atoms with E-state index in [4.69, 9.17) is 4.74 Å². The van der Waals surface area contributed by atoms with Gasteiger partial charge in [0, 0.05) is 11.8 Å². The third-order valence-corrected chi connectivity index (χ3v) is 5.13. The Hall–Kier alpha value is -3.87. The van der Waals surface area contributed by atoms with E-state index in [2.05, 4.69) is 10.6 Å². The third-order valence-electron chi connectivity index (χ3n) is 5.13. The zero-order valence-corrected chi connectivity index (χ0v) is 16.6. The molecule has 0 unspecified atom stereocenters. The van der Waals surface area contributed by atoms with Crippen LogP contribution < -0.4 is 20.9 Å². The molecule has 0 radical (unpaired) electrons. The van der Waals surface area contributed by atoms with Crippen LogP contribution in [0.1, 0.15) is 16.7 Å². The van der Waals surface area contributed by atoms with E-state index in [-0.39, 0.29) is 12.1 Å². The van der Waals surface area contributed by atoms with Crippen molar-refractivity contribution in [2.75, 3.05) is 0 Å². The first-order valence-electron chi connectivity index (χ1n) is 9.52. The fraction of sp³-hybridized carbons (Fsp3) is 0.174. The summed E-state index contributed by atoms with van der Waals surface area (Å²) in [6.07, 6.45) is 1.60. The molecular formula is C23H21N3O4. The molecule has 30 heavy (non-hydrogen) atoms. The van der Waals surface area contributed by atoms with Gasteiger partial charge in [-0.1, -0.05) is 30.3 Å². The second kappa shape index (κ2) is 7.51. The lowest BCUT2D eigenvalue weighted by molar-refractivity contribution is -0.124. The van der Waals surface area contributed by atoms with Gasteiger partial charge < -0.3 is 14.6 Å². The zero-order chi connectivity index (χ0) is 21.3. The number of aryl methyl sites for hydroxylation is 2. The molecule has 1 aliphatic rings. The minimum atomic E-state index is -1.39. The van der Waals surface area contributed by atoms with Gasteiger partial charge in [0.2, 0.25) is 0 Å². The Bertz CT molecular complexity index is 1180. The molecule has 1 aromatic heterocycles. The molecule has 2 heterocycles. The normalized spacial score (nSPS) is 18.1. The second-order valence-corrected chi connectivity index (χ2v) is 7.38. The van der Waals surface area contributed by atoms with Gasteiger partial charge in [-0.3, -0.25) is 14.9 Å². The molecule has 7 heteroatoms. The molecule has 0 aliphatic carbocycles. The number of aromatic nitrogens is 1. The average molecular weight is 403 g/mol. The fourth-order valence-electron chi connectivity index (χ4n) is 3.56. The molecule has 152 valence electrons. The van der Waals surface area contributed by atoms with E-state index >= 15 is 0 Å². The molecule has 0 saturated carbocycles. The SMILES string of the molecule is Cc1cccc(Oc2ccc([C@]3(Cn4cccc(C)c4=O)NC(=O)NC3=O)cc2)c1. The average Bonchev–Trinajstić information content (AvgIpc) is 3.00. The van der Waals surface area contributed by atoms with Gasteiger partial charge in [-0.15, -0.1) is 0 Å². The van der Waals surface area contributed by atoms with Crippen molar-refractivity contribution in [3.8, 4) is 11.5 Å². The summed E-state index contributed by atoms with van der Waals surface area (Å²) in [5.41, 5.74) is 0.577. The monoisotopic (exact) mass is 403 g/mol. The van der Waals surface area contributed by atoms with Gasteiger partial charge >= 0.3 is 6.03 Å². The first-order valence-corrected chi connectivity index (χ1v) is 9.52. The number of pyridine rings is 1. The maximum Gasteiger partial charge on any atom is 0.322 e. The number of amides is 3. The number of hydrogen-bond acceptors (Lipinski definition) is 4. The van der Waals surface area contributed by atoms with Crippen molar-refractivity contribution < 1.29 is 14.3 Å². The summed E-state index contributed by atoms with van der Waals surface area (Å²) in [7, 11) is 0. The van der Waals surface area contributed by atoms with Gasteiger partial charge in [-0.05, 0) is 55.3 Å². The van der Waals surface area contributed by atoms with Crippen molar-refractivity contribution in [2.24, 2.45) is 0 Å². The summed E-state index contributed by atoms with van der Waals surface area (Å²) in [6.45, 7) is 3.66. The Morgan fingerprint density at radius 1 is 0.933 bits per heavy atom. The summed E-state index contributed by atoms with van der Waals surface area (Å²) < 4.78 is 7.30. The predicted octanol–water partition coefficient (Wildman–Crippen LogP) is 2.99. The van der Waals surface area contributed by atoms with Crippen LogP contribution in [0.2, 0.25) is 0 Å². The van der Waals surface area contributed by atoms with Crippen LogP contribution in [0.5, 0.6) is 11.5 Å². The number of carbonyl (C=O) groups is 2. The number of rotatable bonds is 5. The van der Waals surface area contributed by atoms with Crippen molar-refractivity contribution in [2.45, 2.75) is 25.9 Å². The Kier molecular flexibility index (Phi) is 4.87. The maximum absolute atomic E-state index is 12.8. The van der Waals surface area contributed by atoms with Crippen molar-refractivity contribution >= 4 is 11.9 Å². The van der Waals surface area contributed by atoms with Gasteiger partial charge in [0.15, 0.2) is 5.54 Å². The van der Waals surface area contributed by atoms with E-state index in [0.29, 0.717) is 22.6 Å². The Morgan fingerprint density at radius 3 is 2.37 bits per heavy atom. The second-order valence-electron chi connectivity index (χ2n) is 7.38. The Balaban J connectivity index is 1.68. The Labute approximate surface area is 173 Å². The predicted molar refractivity (Wildman–Crippen MR) is 111 cm³/mol. The topological polar surface area (TPSA) is 89.4 Å². The number of ether oxygens (including phenoxy) is 1. The van der Waals surface area contributed by atoms with Crippen LogP contribution in [0.25, 0.3) is 0 Å². The number of benzene rings is 2. The van der Waals surface area contributed by atoms with Gasteiger partial charge in [-0.2, -0.15) is 0 Å². The molecule has 2 N–H and O–H groups in total. The lowest BCUT2D eigenvalue weighted by Crippen LogP contribution is -2.49. The Morgan fingerprint density at radius 2 is 1.70 bits per heavy atom. The molecule has 1 atom stereocenters. The highest BCUT2D eigenvalue weighted by atomic mass is 16.5. The van der Waals surface area contributed by atoms with Crippen LogP contribution in [-0.2, 0) is 16.9 Å². The molecule has 0 bridgehead atoms. The van der Waals surface area contributed by atoms with E-state index in [1.165, 1.54) is 4.57 Å². The van der Waals surface area contributed by atoms with Gasteiger partial charge in [0.25, 0.3) is 11.5 Å². The summed E-state index contributed by atoms with van der Waals surface area (Å²) >= 11 is 0.